The number of rotatable bonds is 7. The van der Waals surface area contributed by atoms with Crippen LogP contribution in [0.25, 0.3) is 11.1 Å². The third-order valence-electron chi connectivity index (χ3n) is 8.60. The highest BCUT2D eigenvalue weighted by atomic mass is 15.1. The van der Waals surface area contributed by atoms with Gasteiger partial charge in [0.05, 0.1) is 0 Å². The van der Waals surface area contributed by atoms with E-state index in [1.807, 2.05) is 0 Å². The highest BCUT2D eigenvalue weighted by Crippen LogP contribution is 2.39. The molecule has 0 aliphatic heterocycles. The Balaban J connectivity index is 1.30. The maximum Gasteiger partial charge on any atom is 0.0462 e. The van der Waals surface area contributed by atoms with Crippen molar-refractivity contribution in [2.45, 2.75) is 52.4 Å². The number of anilines is 6. The van der Waals surface area contributed by atoms with Gasteiger partial charge >= 0.3 is 0 Å². The lowest BCUT2D eigenvalue weighted by atomic mass is 9.87. The van der Waals surface area contributed by atoms with E-state index in [2.05, 4.69) is 209 Å². The predicted octanol–water partition coefficient (Wildman–Crippen LogP) is 12.9. The summed E-state index contributed by atoms with van der Waals surface area (Å²) in [7, 11) is 0. The van der Waals surface area contributed by atoms with Crippen LogP contribution in [-0.4, -0.2) is 0 Å². The zero-order valence-electron chi connectivity index (χ0n) is 27.9. The molecule has 0 saturated heterocycles. The normalized spacial score (nSPS) is 11.7. The molecule has 0 unspecified atom stereocenters. The quantitative estimate of drug-likeness (QED) is 0.180. The van der Waals surface area contributed by atoms with E-state index in [-0.39, 0.29) is 10.8 Å². The van der Waals surface area contributed by atoms with Crippen LogP contribution in [0.15, 0.2) is 158 Å². The van der Waals surface area contributed by atoms with Crippen molar-refractivity contribution in [1.82, 2.24) is 0 Å². The Kier molecular flexibility index (Phi) is 8.56. The van der Waals surface area contributed by atoms with Gasteiger partial charge in [-0.15, -0.1) is 0 Å². The maximum atomic E-state index is 2.32. The van der Waals surface area contributed by atoms with Crippen LogP contribution in [0.4, 0.5) is 34.1 Å². The minimum Gasteiger partial charge on any atom is -0.311 e. The molecule has 0 aliphatic carbocycles. The highest BCUT2D eigenvalue weighted by molar-refractivity contribution is 5.80. The monoisotopic (exact) mass is 600 g/mol. The summed E-state index contributed by atoms with van der Waals surface area (Å²) in [5, 5.41) is 0. The van der Waals surface area contributed by atoms with Crippen molar-refractivity contribution in [2.24, 2.45) is 0 Å². The van der Waals surface area contributed by atoms with Crippen LogP contribution in [0.1, 0.15) is 52.7 Å². The molecule has 0 atom stereocenters. The number of benzene rings is 6. The van der Waals surface area contributed by atoms with Crippen molar-refractivity contribution in [3.8, 4) is 11.1 Å². The van der Waals surface area contributed by atoms with E-state index in [0.717, 1.165) is 34.1 Å². The number of hydrogen-bond acceptors (Lipinski definition) is 2. The van der Waals surface area contributed by atoms with Gasteiger partial charge in [0, 0.05) is 34.1 Å². The summed E-state index contributed by atoms with van der Waals surface area (Å²) in [5.74, 6) is 0. The smallest absolute Gasteiger partial charge is 0.0462 e. The number of hydrogen-bond donors (Lipinski definition) is 0. The van der Waals surface area contributed by atoms with Gasteiger partial charge < -0.3 is 9.80 Å². The Morgan fingerprint density at radius 2 is 0.522 bits per heavy atom. The second-order valence-electron chi connectivity index (χ2n) is 14.0. The van der Waals surface area contributed by atoms with Crippen LogP contribution < -0.4 is 9.80 Å². The lowest BCUT2D eigenvalue weighted by molar-refractivity contribution is 0.590. The summed E-state index contributed by atoms with van der Waals surface area (Å²) < 4.78 is 0. The SMILES string of the molecule is CC(C)(C)c1ccc(N(c2ccccc2)c2ccc(-c3ccc(N(c4ccccc4)c4ccc(C(C)(C)C)cc4)cc3)cc2)cc1. The first-order valence-electron chi connectivity index (χ1n) is 16.2. The van der Waals surface area contributed by atoms with Gasteiger partial charge in [0.25, 0.3) is 0 Å². The van der Waals surface area contributed by atoms with Crippen molar-refractivity contribution in [3.05, 3.63) is 169 Å². The predicted molar refractivity (Wildman–Crippen MR) is 199 cm³/mol. The Morgan fingerprint density at radius 1 is 0.283 bits per heavy atom. The number of nitrogens with zero attached hydrogens (tertiary/aromatic N) is 2. The minimum atomic E-state index is 0.113. The van der Waals surface area contributed by atoms with Crippen LogP contribution in [0.3, 0.4) is 0 Å². The van der Waals surface area contributed by atoms with Gasteiger partial charge in [-0.25, -0.2) is 0 Å². The van der Waals surface area contributed by atoms with Crippen molar-refractivity contribution in [2.75, 3.05) is 9.80 Å². The van der Waals surface area contributed by atoms with Gasteiger partial charge in [0.1, 0.15) is 0 Å². The van der Waals surface area contributed by atoms with Crippen LogP contribution in [0.2, 0.25) is 0 Å². The first-order valence-corrected chi connectivity index (χ1v) is 16.2. The molecule has 6 aromatic carbocycles. The van der Waals surface area contributed by atoms with Gasteiger partial charge in [-0.05, 0) is 106 Å². The summed E-state index contributed by atoms with van der Waals surface area (Å²) >= 11 is 0. The minimum absolute atomic E-state index is 0.113. The van der Waals surface area contributed by atoms with E-state index in [0.29, 0.717) is 0 Å². The average molecular weight is 601 g/mol. The molecule has 0 saturated carbocycles. The third kappa shape index (κ3) is 6.77. The molecule has 2 nitrogen and oxygen atoms in total. The van der Waals surface area contributed by atoms with Gasteiger partial charge in [-0.3, -0.25) is 0 Å². The molecule has 230 valence electrons. The fourth-order valence-corrected chi connectivity index (χ4v) is 5.88. The molecule has 0 spiro atoms. The maximum absolute atomic E-state index is 2.32. The summed E-state index contributed by atoms with van der Waals surface area (Å²) in [6, 6.07) is 56.9. The van der Waals surface area contributed by atoms with Gasteiger partial charge in [0.15, 0.2) is 0 Å². The van der Waals surface area contributed by atoms with Crippen molar-refractivity contribution < 1.29 is 0 Å². The van der Waals surface area contributed by atoms with Crippen LogP contribution in [0.5, 0.6) is 0 Å². The molecular weight excluding hydrogens is 556 g/mol. The molecule has 0 fully saturated rings. The first kappa shape index (κ1) is 30.9. The molecule has 0 aliphatic rings. The van der Waals surface area contributed by atoms with Gasteiger partial charge in [-0.2, -0.15) is 0 Å². The standard InChI is InChI=1S/C44H44N2/c1-43(2,3)35-21-29-41(30-22-35)45(37-13-9-7-10-14-37)39-25-17-33(18-26-39)34-19-27-40(28-20-34)46(38-15-11-8-12-16-38)42-31-23-36(24-32-42)44(4,5)6/h7-32H,1-6H3. The average Bonchev–Trinajstić information content (AvgIpc) is 3.06. The summed E-state index contributed by atoms with van der Waals surface area (Å²) in [5.41, 5.74) is 12.1. The second-order valence-corrected chi connectivity index (χ2v) is 14.0. The zero-order chi connectivity index (χ0) is 32.3. The second kappa shape index (κ2) is 12.7. The summed E-state index contributed by atoms with van der Waals surface area (Å²) in [6.45, 7) is 13.5. The Hall–Kier alpha value is -5.08. The Bertz CT molecular complexity index is 1700. The Morgan fingerprint density at radius 3 is 0.783 bits per heavy atom. The van der Waals surface area contributed by atoms with Crippen LogP contribution in [-0.2, 0) is 10.8 Å². The van der Waals surface area contributed by atoms with Gasteiger partial charge in [-0.1, -0.05) is 126 Å². The van der Waals surface area contributed by atoms with Crippen molar-refractivity contribution >= 4 is 34.1 Å². The van der Waals surface area contributed by atoms with E-state index in [9.17, 15) is 0 Å². The molecule has 0 heterocycles. The van der Waals surface area contributed by atoms with Crippen LogP contribution in [0, 0.1) is 0 Å². The van der Waals surface area contributed by atoms with Crippen LogP contribution >= 0.6 is 0 Å². The highest BCUT2D eigenvalue weighted by Gasteiger charge is 2.18. The fourth-order valence-electron chi connectivity index (χ4n) is 5.88. The van der Waals surface area contributed by atoms with E-state index >= 15 is 0 Å². The van der Waals surface area contributed by atoms with E-state index in [1.165, 1.54) is 22.3 Å². The lowest BCUT2D eigenvalue weighted by Crippen LogP contribution is -2.13. The lowest BCUT2D eigenvalue weighted by Gasteiger charge is -2.27. The number of para-hydroxylation sites is 2. The van der Waals surface area contributed by atoms with E-state index in [1.54, 1.807) is 0 Å². The molecule has 2 heteroatoms. The van der Waals surface area contributed by atoms with Gasteiger partial charge in [0.2, 0.25) is 0 Å². The van der Waals surface area contributed by atoms with E-state index < -0.39 is 0 Å². The molecule has 0 radical (unpaired) electrons. The topological polar surface area (TPSA) is 6.48 Å². The molecule has 0 amide bonds. The van der Waals surface area contributed by atoms with Crippen molar-refractivity contribution in [1.29, 1.82) is 0 Å². The molecule has 46 heavy (non-hydrogen) atoms. The van der Waals surface area contributed by atoms with Crippen molar-refractivity contribution in [3.63, 3.8) is 0 Å². The fraction of sp³-hybridized carbons (Fsp3) is 0.182. The molecule has 6 aromatic rings. The molecule has 0 N–H and O–H groups in total. The summed E-state index contributed by atoms with van der Waals surface area (Å²) in [6.07, 6.45) is 0. The largest absolute Gasteiger partial charge is 0.311 e. The molecule has 0 aromatic heterocycles. The summed E-state index contributed by atoms with van der Waals surface area (Å²) in [4.78, 5) is 4.64. The molecular formula is C44H44N2. The van der Waals surface area contributed by atoms with E-state index in [4.69, 9.17) is 0 Å². The Labute approximate surface area is 275 Å². The third-order valence-corrected chi connectivity index (χ3v) is 8.60. The molecule has 6 rings (SSSR count). The first-order chi connectivity index (χ1) is 22.1. The zero-order valence-corrected chi connectivity index (χ0v) is 27.9. The molecule has 0 bridgehead atoms.